The molecule has 1 aliphatic heterocycles. The fraction of sp³-hybridized carbons (Fsp3) is 0.389. The Balaban J connectivity index is 1.94. The standard InChI is InChI=1S/C18H20F2N4O/c1-11-8-15(16(21)25)23-17(22-11)18(2)6-3-7-24(18)10-12-4-5-13(19)14(20)9-12/h4-5,8-9H,3,6-7,10H2,1-2H3,(H2,21,25). The van der Waals surface area contributed by atoms with Crippen LogP contribution < -0.4 is 5.73 Å². The van der Waals surface area contributed by atoms with Gasteiger partial charge in [0.25, 0.3) is 5.91 Å². The zero-order valence-electron chi connectivity index (χ0n) is 14.2. The Labute approximate surface area is 144 Å². The molecule has 1 atom stereocenters. The summed E-state index contributed by atoms with van der Waals surface area (Å²) in [5, 5.41) is 0. The van der Waals surface area contributed by atoms with Crippen molar-refractivity contribution in [3.05, 3.63) is 58.7 Å². The van der Waals surface area contributed by atoms with Crippen LogP contribution in [0.5, 0.6) is 0 Å². The molecule has 1 aliphatic rings. The Morgan fingerprint density at radius 1 is 1.28 bits per heavy atom. The Kier molecular flexibility index (Phi) is 4.51. The zero-order valence-corrected chi connectivity index (χ0v) is 14.2. The molecule has 1 saturated heterocycles. The van der Waals surface area contributed by atoms with Gasteiger partial charge in [0.15, 0.2) is 11.6 Å². The van der Waals surface area contributed by atoms with Gasteiger partial charge in [-0.3, -0.25) is 9.69 Å². The molecule has 7 heteroatoms. The van der Waals surface area contributed by atoms with E-state index in [9.17, 15) is 13.6 Å². The van der Waals surface area contributed by atoms with Crippen LogP contribution in [0.3, 0.4) is 0 Å². The van der Waals surface area contributed by atoms with E-state index < -0.39 is 23.1 Å². The van der Waals surface area contributed by atoms with Gasteiger partial charge in [0.05, 0.1) is 5.54 Å². The summed E-state index contributed by atoms with van der Waals surface area (Å²) >= 11 is 0. The minimum Gasteiger partial charge on any atom is -0.364 e. The Morgan fingerprint density at radius 3 is 2.72 bits per heavy atom. The summed E-state index contributed by atoms with van der Waals surface area (Å²) in [6, 6.07) is 5.47. The highest BCUT2D eigenvalue weighted by Crippen LogP contribution is 2.38. The number of benzene rings is 1. The molecule has 0 saturated carbocycles. The number of nitrogens with two attached hydrogens (primary N) is 1. The van der Waals surface area contributed by atoms with Crippen LogP contribution >= 0.6 is 0 Å². The SMILES string of the molecule is Cc1cc(C(N)=O)nc(C2(C)CCCN2Cc2ccc(F)c(F)c2)n1. The molecule has 1 unspecified atom stereocenters. The van der Waals surface area contributed by atoms with Gasteiger partial charge in [0, 0.05) is 12.2 Å². The van der Waals surface area contributed by atoms with Crippen molar-refractivity contribution in [2.75, 3.05) is 6.54 Å². The smallest absolute Gasteiger partial charge is 0.267 e. The Morgan fingerprint density at radius 2 is 2.04 bits per heavy atom. The number of aryl methyl sites for hydroxylation is 1. The van der Waals surface area contributed by atoms with E-state index in [2.05, 4.69) is 14.9 Å². The van der Waals surface area contributed by atoms with Crippen molar-refractivity contribution in [2.45, 2.75) is 38.8 Å². The highest BCUT2D eigenvalue weighted by Gasteiger charge is 2.41. The van der Waals surface area contributed by atoms with Crippen molar-refractivity contribution in [3.8, 4) is 0 Å². The van der Waals surface area contributed by atoms with E-state index >= 15 is 0 Å². The second-order valence-corrected chi connectivity index (χ2v) is 6.63. The third-order valence-electron chi connectivity index (χ3n) is 4.74. The van der Waals surface area contributed by atoms with E-state index in [0.717, 1.165) is 25.5 Å². The van der Waals surface area contributed by atoms with Gasteiger partial charge in [-0.2, -0.15) is 0 Å². The summed E-state index contributed by atoms with van der Waals surface area (Å²) < 4.78 is 26.6. The number of primary amides is 1. The minimum atomic E-state index is -0.860. The third-order valence-corrected chi connectivity index (χ3v) is 4.74. The molecule has 1 amide bonds. The topological polar surface area (TPSA) is 72.1 Å². The van der Waals surface area contributed by atoms with E-state index in [0.29, 0.717) is 23.6 Å². The third kappa shape index (κ3) is 3.37. The number of hydrogen-bond acceptors (Lipinski definition) is 4. The van der Waals surface area contributed by atoms with Crippen molar-refractivity contribution >= 4 is 5.91 Å². The highest BCUT2D eigenvalue weighted by molar-refractivity contribution is 5.90. The van der Waals surface area contributed by atoms with Gasteiger partial charge < -0.3 is 5.73 Å². The predicted octanol–water partition coefficient (Wildman–Crippen LogP) is 2.67. The zero-order chi connectivity index (χ0) is 18.2. The van der Waals surface area contributed by atoms with Crippen LogP contribution in [0.15, 0.2) is 24.3 Å². The fourth-order valence-electron chi connectivity index (χ4n) is 3.32. The van der Waals surface area contributed by atoms with Crippen molar-refractivity contribution in [1.29, 1.82) is 0 Å². The van der Waals surface area contributed by atoms with E-state index in [4.69, 9.17) is 5.73 Å². The molecule has 0 bridgehead atoms. The molecule has 0 radical (unpaired) electrons. The summed E-state index contributed by atoms with van der Waals surface area (Å²) in [6.07, 6.45) is 1.72. The summed E-state index contributed by atoms with van der Waals surface area (Å²) in [6.45, 7) is 5.00. The van der Waals surface area contributed by atoms with Gasteiger partial charge in [0.1, 0.15) is 11.5 Å². The number of nitrogens with zero attached hydrogens (tertiary/aromatic N) is 3. The largest absolute Gasteiger partial charge is 0.364 e. The number of amides is 1. The van der Waals surface area contributed by atoms with Crippen molar-refractivity contribution in [1.82, 2.24) is 14.9 Å². The van der Waals surface area contributed by atoms with Crippen LogP contribution in [0, 0.1) is 18.6 Å². The molecule has 0 spiro atoms. The summed E-state index contributed by atoms with van der Waals surface area (Å²) in [5.74, 6) is -1.79. The molecule has 25 heavy (non-hydrogen) atoms. The van der Waals surface area contributed by atoms with E-state index in [-0.39, 0.29) is 5.69 Å². The number of likely N-dealkylation sites (tertiary alicyclic amines) is 1. The summed E-state index contributed by atoms with van der Waals surface area (Å²) in [4.78, 5) is 22.5. The monoisotopic (exact) mass is 346 g/mol. The van der Waals surface area contributed by atoms with Crippen molar-refractivity contribution < 1.29 is 13.6 Å². The quantitative estimate of drug-likeness (QED) is 0.924. The van der Waals surface area contributed by atoms with Crippen LogP contribution in [-0.2, 0) is 12.1 Å². The molecule has 1 aromatic carbocycles. The average Bonchev–Trinajstić information content (AvgIpc) is 2.92. The lowest BCUT2D eigenvalue weighted by Crippen LogP contribution is -2.40. The van der Waals surface area contributed by atoms with Gasteiger partial charge in [-0.25, -0.2) is 18.7 Å². The lowest BCUT2D eigenvalue weighted by molar-refractivity contribution is 0.0991. The number of carbonyl (C=O) groups is 1. The second kappa shape index (κ2) is 6.48. The second-order valence-electron chi connectivity index (χ2n) is 6.63. The van der Waals surface area contributed by atoms with Crippen molar-refractivity contribution in [3.63, 3.8) is 0 Å². The number of halogens is 2. The van der Waals surface area contributed by atoms with Crippen LogP contribution in [0.25, 0.3) is 0 Å². The van der Waals surface area contributed by atoms with E-state index in [1.807, 2.05) is 6.92 Å². The maximum atomic E-state index is 13.5. The van der Waals surface area contributed by atoms with Gasteiger partial charge in [0.2, 0.25) is 0 Å². The number of hydrogen-bond donors (Lipinski definition) is 1. The van der Waals surface area contributed by atoms with Crippen LogP contribution in [0.1, 0.15) is 47.3 Å². The van der Waals surface area contributed by atoms with E-state index in [1.54, 1.807) is 19.1 Å². The van der Waals surface area contributed by atoms with Crippen LogP contribution in [-0.4, -0.2) is 27.3 Å². The maximum Gasteiger partial charge on any atom is 0.267 e. The molecule has 2 heterocycles. The summed E-state index contributed by atoms with van der Waals surface area (Å²) in [7, 11) is 0. The lowest BCUT2D eigenvalue weighted by atomic mass is 9.96. The molecule has 1 aromatic heterocycles. The Hall–Kier alpha value is -2.41. The normalized spacial score (nSPS) is 20.8. The number of aromatic nitrogens is 2. The molecule has 5 nitrogen and oxygen atoms in total. The number of carbonyl (C=O) groups excluding carboxylic acids is 1. The van der Waals surface area contributed by atoms with Gasteiger partial charge in [-0.15, -0.1) is 0 Å². The van der Waals surface area contributed by atoms with Gasteiger partial charge in [-0.1, -0.05) is 6.07 Å². The van der Waals surface area contributed by atoms with Crippen LogP contribution in [0.4, 0.5) is 8.78 Å². The Bertz CT molecular complexity index is 827. The molecule has 1 fully saturated rings. The average molecular weight is 346 g/mol. The minimum absolute atomic E-state index is 0.184. The molecule has 2 aromatic rings. The maximum absolute atomic E-state index is 13.5. The van der Waals surface area contributed by atoms with Gasteiger partial charge in [-0.05, 0) is 57.0 Å². The van der Waals surface area contributed by atoms with Crippen molar-refractivity contribution in [2.24, 2.45) is 5.73 Å². The lowest BCUT2D eigenvalue weighted by Gasteiger charge is -2.34. The molecule has 2 N–H and O–H groups in total. The predicted molar refractivity (Wildman–Crippen MR) is 88.6 cm³/mol. The molecule has 3 rings (SSSR count). The first-order valence-electron chi connectivity index (χ1n) is 8.14. The van der Waals surface area contributed by atoms with Crippen LogP contribution in [0.2, 0.25) is 0 Å². The fourth-order valence-corrected chi connectivity index (χ4v) is 3.32. The molecule has 0 aliphatic carbocycles. The first-order valence-corrected chi connectivity index (χ1v) is 8.14. The molecular formula is C18H20F2N4O. The first-order chi connectivity index (χ1) is 11.8. The van der Waals surface area contributed by atoms with Gasteiger partial charge >= 0.3 is 0 Å². The molecule has 132 valence electrons. The summed E-state index contributed by atoms with van der Waals surface area (Å²) in [5.41, 5.74) is 6.39. The number of rotatable bonds is 4. The highest BCUT2D eigenvalue weighted by atomic mass is 19.2. The van der Waals surface area contributed by atoms with E-state index in [1.165, 1.54) is 6.07 Å². The molecular weight excluding hydrogens is 326 g/mol. The first kappa shape index (κ1) is 17.4.